The van der Waals surface area contributed by atoms with Gasteiger partial charge in [-0.3, -0.25) is 4.79 Å². The molecule has 0 spiro atoms. The average molecular weight is 407 g/mol. The predicted octanol–water partition coefficient (Wildman–Crippen LogP) is 3.49. The van der Waals surface area contributed by atoms with E-state index in [4.69, 9.17) is 21.6 Å². The largest absolute Gasteiger partial charge is 0.494 e. The standard InChI is InChI=1S/C19H19ClN2O4S/c1-13-9-16(10-14(2)19(13)20)26-8-4-7-18(23)22-27(24,25)17-6-3-5-15(11-17)12-21/h3,5-6,9-11H,4,7-8H2,1-2H3,(H,22,23). The lowest BCUT2D eigenvalue weighted by atomic mass is 10.1. The Morgan fingerprint density at radius 2 is 1.89 bits per heavy atom. The van der Waals surface area contributed by atoms with Crippen molar-refractivity contribution in [3.63, 3.8) is 0 Å². The van der Waals surface area contributed by atoms with Gasteiger partial charge in [0, 0.05) is 11.4 Å². The van der Waals surface area contributed by atoms with Gasteiger partial charge in [0.25, 0.3) is 10.0 Å². The van der Waals surface area contributed by atoms with Gasteiger partial charge in [-0.1, -0.05) is 17.7 Å². The Hall–Kier alpha value is -2.56. The van der Waals surface area contributed by atoms with E-state index in [1.165, 1.54) is 24.3 Å². The maximum absolute atomic E-state index is 12.2. The van der Waals surface area contributed by atoms with Crippen molar-refractivity contribution in [2.45, 2.75) is 31.6 Å². The molecule has 0 aliphatic carbocycles. The van der Waals surface area contributed by atoms with Crippen LogP contribution in [-0.4, -0.2) is 20.9 Å². The van der Waals surface area contributed by atoms with Gasteiger partial charge >= 0.3 is 0 Å². The number of hydrogen-bond donors (Lipinski definition) is 1. The second-order valence-corrected chi connectivity index (χ2v) is 8.05. The Balaban J connectivity index is 1.86. The first-order valence-corrected chi connectivity index (χ1v) is 10.0. The van der Waals surface area contributed by atoms with E-state index in [0.717, 1.165) is 11.1 Å². The molecule has 0 saturated heterocycles. The Bertz CT molecular complexity index is 974. The number of nitrogens with zero attached hydrogens (tertiary/aromatic N) is 1. The molecule has 0 aliphatic heterocycles. The van der Waals surface area contributed by atoms with E-state index in [-0.39, 0.29) is 23.5 Å². The summed E-state index contributed by atoms with van der Waals surface area (Å²) in [5.74, 6) is 0.0141. The van der Waals surface area contributed by atoms with E-state index in [1.807, 2.05) is 36.8 Å². The first kappa shape index (κ1) is 20.7. The van der Waals surface area contributed by atoms with Crippen molar-refractivity contribution in [2.24, 2.45) is 0 Å². The van der Waals surface area contributed by atoms with Crippen LogP contribution in [0.5, 0.6) is 5.75 Å². The molecule has 6 nitrogen and oxygen atoms in total. The number of nitriles is 1. The molecule has 0 aliphatic rings. The topological polar surface area (TPSA) is 96.3 Å². The van der Waals surface area contributed by atoms with Gasteiger partial charge in [-0.05, 0) is 61.7 Å². The second-order valence-electron chi connectivity index (χ2n) is 5.99. The third-order valence-corrected chi connectivity index (χ3v) is 5.72. The number of rotatable bonds is 7. The lowest BCUT2D eigenvalue weighted by Gasteiger charge is -2.10. The van der Waals surface area contributed by atoms with E-state index < -0.39 is 15.9 Å². The molecule has 2 aromatic carbocycles. The molecule has 142 valence electrons. The van der Waals surface area contributed by atoms with Crippen LogP contribution in [0.4, 0.5) is 0 Å². The number of amides is 1. The number of carbonyl (C=O) groups excluding carboxylic acids is 1. The van der Waals surface area contributed by atoms with Crippen molar-refractivity contribution in [3.8, 4) is 11.8 Å². The first-order chi connectivity index (χ1) is 12.7. The summed E-state index contributed by atoms with van der Waals surface area (Å²) < 4.78 is 32.0. The highest BCUT2D eigenvalue weighted by atomic mass is 35.5. The van der Waals surface area contributed by atoms with E-state index in [2.05, 4.69) is 0 Å². The highest BCUT2D eigenvalue weighted by Crippen LogP contribution is 2.25. The fourth-order valence-electron chi connectivity index (χ4n) is 2.40. The Morgan fingerprint density at radius 3 is 2.52 bits per heavy atom. The highest BCUT2D eigenvalue weighted by molar-refractivity contribution is 7.90. The summed E-state index contributed by atoms with van der Waals surface area (Å²) >= 11 is 6.10. The van der Waals surface area contributed by atoms with Crippen molar-refractivity contribution in [3.05, 3.63) is 58.1 Å². The molecule has 27 heavy (non-hydrogen) atoms. The van der Waals surface area contributed by atoms with Crippen molar-refractivity contribution in [2.75, 3.05) is 6.61 Å². The Kier molecular flexibility index (Phi) is 6.83. The molecule has 0 radical (unpaired) electrons. The molecule has 2 aromatic rings. The summed E-state index contributed by atoms with van der Waals surface area (Å²) in [7, 11) is -4.00. The van der Waals surface area contributed by atoms with Gasteiger partial charge in [0.05, 0.1) is 23.1 Å². The number of carbonyl (C=O) groups is 1. The summed E-state index contributed by atoms with van der Waals surface area (Å²) in [6, 6.07) is 10.9. The molecule has 2 rings (SSSR count). The van der Waals surface area contributed by atoms with Gasteiger partial charge in [-0.15, -0.1) is 0 Å². The zero-order valence-corrected chi connectivity index (χ0v) is 16.5. The first-order valence-electron chi connectivity index (χ1n) is 8.18. The molecule has 0 unspecified atom stereocenters. The van der Waals surface area contributed by atoms with E-state index in [0.29, 0.717) is 17.2 Å². The third-order valence-electron chi connectivity index (χ3n) is 3.75. The lowest BCUT2D eigenvalue weighted by molar-refractivity contribution is -0.119. The van der Waals surface area contributed by atoms with Crippen LogP contribution in [0, 0.1) is 25.2 Å². The zero-order valence-electron chi connectivity index (χ0n) is 15.0. The molecule has 0 aromatic heterocycles. The van der Waals surface area contributed by atoms with Crippen LogP contribution in [0.15, 0.2) is 41.3 Å². The quantitative estimate of drug-likeness (QED) is 0.710. The fourth-order valence-corrected chi connectivity index (χ4v) is 3.57. The van der Waals surface area contributed by atoms with Crippen LogP contribution in [0.2, 0.25) is 5.02 Å². The normalized spacial score (nSPS) is 10.9. The minimum atomic E-state index is -4.00. The number of aryl methyl sites for hydroxylation is 2. The summed E-state index contributed by atoms with van der Waals surface area (Å²) in [4.78, 5) is 11.8. The SMILES string of the molecule is Cc1cc(OCCCC(=O)NS(=O)(=O)c2cccc(C#N)c2)cc(C)c1Cl. The number of sulfonamides is 1. The molecule has 1 N–H and O–H groups in total. The summed E-state index contributed by atoms with van der Waals surface area (Å²) in [5, 5.41) is 9.53. The monoisotopic (exact) mass is 406 g/mol. The molecule has 8 heteroatoms. The molecular formula is C19H19ClN2O4S. The van der Waals surface area contributed by atoms with Crippen molar-refractivity contribution >= 4 is 27.5 Å². The van der Waals surface area contributed by atoms with Gasteiger partial charge in [0.2, 0.25) is 5.91 Å². The number of nitrogens with one attached hydrogen (secondary N) is 1. The van der Waals surface area contributed by atoms with Gasteiger partial charge in [0.1, 0.15) is 5.75 Å². The van der Waals surface area contributed by atoms with E-state index >= 15 is 0 Å². The van der Waals surface area contributed by atoms with Crippen LogP contribution in [-0.2, 0) is 14.8 Å². The molecule has 0 heterocycles. The van der Waals surface area contributed by atoms with E-state index in [1.54, 1.807) is 0 Å². The third kappa shape index (κ3) is 5.71. The maximum atomic E-state index is 12.2. The number of hydrogen-bond acceptors (Lipinski definition) is 5. The molecular weight excluding hydrogens is 388 g/mol. The van der Waals surface area contributed by atoms with Crippen molar-refractivity contribution in [1.82, 2.24) is 4.72 Å². The fraction of sp³-hybridized carbons (Fsp3) is 0.263. The molecule has 0 atom stereocenters. The number of benzene rings is 2. The summed E-state index contributed by atoms with van der Waals surface area (Å²) in [5.41, 5.74) is 2.00. The molecule has 0 saturated carbocycles. The smallest absolute Gasteiger partial charge is 0.264 e. The average Bonchev–Trinajstić information content (AvgIpc) is 2.63. The van der Waals surface area contributed by atoms with Crippen LogP contribution in [0.1, 0.15) is 29.5 Å². The Morgan fingerprint density at radius 1 is 1.22 bits per heavy atom. The number of ether oxygens (including phenoxy) is 1. The second kappa shape index (κ2) is 8.89. The van der Waals surface area contributed by atoms with Gasteiger partial charge < -0.3 is 4.74 Å². The van der Waals surface area contributed by atoms with Crippen molar-refractivity contribution in [1.29, 1.82) is 5.26 Å². The van der Waals surface area contributed by atoms with Crippen LogP contribution in [0.25, 0.3) is 0 Å². The molecule has 0 fully saturated rings. The predicted molar refractivity (Wildman–Crippen MR) is 102 cm³/mol. The highest BCUT2D eigenvalue weighted by Gasteiger charge is 2.17. The number of halogens is 1. The van der Waals surface area contributed by atoms with Gasteiger partial charge in [0.15, 0.2) is 0 Å². The van der Waals surface area contributed by atoms with Crippen molar-refractivity contribution < 1.29 is 17.9 Å². The Labute approximate surface area is 163 Å². The summed E-state index contributed by atoms with van der Waals surface area (Å²) in [6.07, 6.45) is 0.336. The van der Waals surface area contributed by atoms with E-state index in [9.17, 15) is 13.2 Å². The minimum absolute atomic E-state index is 0.0112. The molecule has 1 amide bonds. The van der Waals surface area contributed by atoms with Gasteiger partial charge in [-0.25, -0.2) is 13.1 Å². The maximum Gasteiger partial charge on any atom is 0.264 e. The van der Waals surface area contributed by atoms with Crippen LogP contribution >= 0.6 is 11.6 Å². The zero-order chi connectivity index (χ0) is 20.0. The molecule has 0 bridgehead atoms. The lowest BCUT2D eigenvalue weighted by Crippen LogP contribution is -2.30. The van der Waals surface area contributed by atoms with Gasteiger partial charge in [-0.2, -0.15) is 5.26 Å². The van der Waals surface area contributed by atoms with Crippen LogP contribution < -0.4 is 9.46 Å². The summed E-state index contributed by atoms with van der Waals surface area (Å²) in [6.45, 7) is 4.02. The minimum Gasteiger partial charge on any atom is -0.494 e. The van der Waals surface area contributed by atoms with Crippen LogP contribution in [0.3, 0.4) is 0 Å².